The molecule has 0 spiro atoms. The summed E-state index contributed by atoms with van der Waals surface area (Å²) in [5, 5.41) is 0. The van der Waals surface area contributed by atoms with E-state index in [2.05, 4.69) is 0 Å². The summed E-state index contributed by atoms with van der Waals surface area (Å²) in [4.78, 5) is 11.5. The van der Waals surface area contributed by atoms with Gasteiger partial charge in [0.1, 0.15) is 11.4 Å². The van der Waals surface area contributed by atoms with E-state index in [4.69, 9.17) is 9.47 Å². The molecular formula is C12H16O3. The first kappa shape index (κ1) is 11.7. The minimum Gasteiger partial charge on any atom is -0.497 e. The lowest BCUT2D eigenvalue weighted by atomic mass is 9.92. The molecule has 1 atom stereocenters. The summed E-state index contributed by atoms with van der Waals surface area (Å²) in [5.41, 5.74) is -0.0370. The maximum Gasteiger partial charge on any atom is 0.165 e. The van der Waals surface area contributed by atoms with Crippen LogP contribution in [0, 0.1) is 0 Å². The number of hydrogen-bond acceptors (Lipinski definition) is 3. The zero-order valence-corrected chi connectivity index (χ0v) is 9.53. The first-order valence-corrected chi connectivity index (χ1v) is 4.75. The first-order chi connectivity index (χ1) is 7.04. The SMILES string of the molecule is COc1ccc(C(C)(OC)C(C)=O)cc1. The predicted molar refractivity (Wildman–Crippen MR) is 58.0 cm³/mol. The van der Waals surface area contributed by atoms with Crippen LogP contribution in [0.15, 0.2) is 24.3 Å². The molecule has 3 nitrogen and oxygen atoms in total. The van der Waals surface area contributed by atoms with Crippen LogP contribution in [0.4, 0.5) is 0 Å². The zero-order valence-electron chi connectivity index (χ0n) is 9.53. The van der Waals surface area contributed by atoms with Gasteiger partial charge in [0.15, 0.2) is 5.78 Å². The third-order valence-corrected chi connectivity index (χ3v) is 2.72. The zero-order chi connectivity index (χ0) is 11.5. The Kier molecular flexibility index (Phi) is 3.48. The van der Waals surface area contributed by atoms with Gasteiger partial charge in [0.25, 0.3) is 0 Å². The van der Waals surface area contributed by atoms with E-state index in [1.165, 1.54) is 14.0 Å². The molecule has 0 aliphatic carbocycles. The fourth-order valence-electron chi connectivity index (χ4n) is 1.37. The van der Waals surface area contributed by atoms with Crippen molar-refractivity contribution >= 4 is 5.78 Å². The number of carbonyl (C=O) groups excluding carboxylic acids is 1. The quantitative estimate of drug-likeness (QED) is 0.760. The highest BCUT2D eigenvalue weighted by molar-refractivity contribution is 5.85. The summed E-state index contributed by atoms with van der Waals surface area (Å²) in [7, 11) is 3.14. The lowest BCUT2D eigenvalue weighted by molar-refractivity contribution is -0.137. The number of methoxy groups -OCH3 is 2. The van der Waals surface area contributed by atoms with Crippen molar-refractivity contribution < 1.29 is 14.3 Å². The highest BCUT2D eigenvalue weighted by atomic mass is 16.5. The standard InChI is InChI=1S/C12H16O3/c1-9(13)12(2,15-4)10-5-7-11(14-3)8-6-10/h5-8H,1-4H3. The van der Waals surface area contributed by atoms with Crippen molar-refractivity contribution in [2.24, 2.45) is 0 Å². The number of Topliss-reactive ketones (excluding diaryl/α,β-unsaturated/α-hetero) is 1. The Morgan fingerprint density at radius 1 is 1.20 bits per heavy atom. The molecule has 0 bridgehead atoms. The number of ether oxygens (including phenoxy) is 2. The van der Waals surface area contributed by atoms with Crippen LogP contribution in [-0.2, 0) is 15.1 Å². The van der Waals surface area contributed by atoms with E-state index in [-0.39, 0.29) is 5.78 Å². The molecule has 0 aliphatic rings. The number of hydrogen-bond donors (Lipinski definition) is 0. The van der Waals surface area contributed by atoms with Crippen LogP contribution in [0.3, 0.4) is 0 Å². The maximum absolute atomic E-state index is 11.5. The topological polar surface area (TPSA) is 35.5 Å². The molecule has 1 unspecified atom stereocenters. The van der Waals surface area contributed by atoms with Crippen LogP contribution < -0.4 is 4.74 Å². The van der Waals surface area contributed by atoms with Gasteiger partial charge < -0.3 is 9.47 Å². The Morgan fingerprint density at radius 2 is 1.73 bits per heavy atom. The fourth-order valence-corrected chi connectivity index (χ4v) is 1.37. The van der Waals surface area contributed by atoms with Gasteiger partial charge >= 0.3 is 0 Å². The summed E-state index contributed by atoms with van der Waals surface area (Å²) in [6.07, 6.45) is 0. The normalized spacial score (nSPS) is 14.4. The van der Waals surface area contributed by atoms with Crippen molar-refractivity contribution in [3.8, 4) is 5.75 Å². The van der Waals surface area contributed by atoms with E-state index >= 15 is 0 Å². The Balaban J connectivity index is 3.08. The second-order valence-corrected chi connectivity index (χ2v) is 3.52. The second kappa shape index (κ2) is 4.45. The van der Waals surface area contributed by atoms with Gasteiger partial charge in [0.05, 0.1) is 7.11 Å². The third kappa shape index (κ3) is 2.18. The highest BCUT2D eigenvalue weighted by Gasteiger charge is 2.31. The molecule has 0 fully saturated rings. The molecule has 0 aromatic heterocycles. The Labute approximate surface area is 90.0 Å². The van der Waals surface area contributed by atoms with Gasteiger partial charge in [0, 0.05) is 7.11 Å². The van der Waals surface area contributed by atoms with Gasteiger partial charge in [-0.15, -0.1) is 0 Å². The first-order valence-electron chi connectivity index (χ1n) is 4.75. The van der Waals surface area contributed by atoms with Crippen LogP contribution in [0.1, 0.15) is 19.4 Å². The number of carbonyl (C=O) groups is 1. The third-order valence-electron chi connectivity index (χ3n) is 2.72. The number of ketones is 1. The largest absolute Gasteiger partial charge is 0.497 e. The summed E-state index contributed by atoms with van der Waals surface area (Å²) >= 11 is 0. The molecule has 15 heavy (non-hydrogen) atoms. The summed E-state index contributed by atoms with van der Waals surface area (Å²) in [6.45, 7) is 3.28. The van der Waals surface area contributed by atoms with E-state index in [0.717, 1.165) is 11.3 Å². The van der Waals surface area contributed by atoms with Crippen LogP contribution in [0.25, 0.3) is 0 Å². The van der Waals surface area contributed by atoms with E-state index in [0.29, 0.717) is 0 Å². The van der Waals surface area contributed by atoms with E-state index in [9.17, 15) is 4.79 Å². The molecule has 1 aromatic carbocycles. The highest BCUT2D eigenvalue weighted by Crippen LogP contribution is 2.27. The van der Waals surface area contributed by atoms with E-state index in [1.54, 1.807) is 14.0 Å². The minimum atomic E-state index is -0.869. The van der Waals surface area contributed by atoms with Crippen molar-refractivity contribution in [3.05, 3.63) is 29.8 Å². The fraction of sp³-hybridized carbons (Fsp3) is 0.417. The predicted octanol–water partition coefficient (Wildman–Crippen LogP) is 2.15. The summed E-state index contributed by atoms with van der Waals surface area (Å²) in [6, 6.07) is 7.30. The lowest BCUT2D eigenvalue weighted by Gasteiger charge is -2.25. The molecule has 0 aliphatic heterocycles. The van der Waals surface area contributed by atoms with Crippen molar-refractivity contribution in [1.82, 2.24) is 0 Å². The molecular weight excluding hydrogens is 192 g/mol. The monoisotopic (exact) mass is 208 g/mol. The Hall–Kier alpha value is -1.35. The number of benzene rings is 1. The molecule has 0 saturated carbocycles. The van der Waals surface area contributed by atoms with Crippen LogP contribution in [0.2, 0.25) is 0 Å². The lowest BCUT2D eigenvalue weighted by Crippen LogP contribution is -2.32. The smallest absolute Gasteiger partial charge is 0.165 e. The van der Waals surface area contributed by atoms with Gasteiger partial charge in [-0.1, -0.05) is 12.1 Å². The minimum absolute atomic E-state index is 0.0184. The second-order valence-electron chi connectivity index (χ2n) is 3.52. The van der Waals surface area contributed by atoms with Crippen LogP contribution in [0.5, 0.6) is 5.75 Å². The van der Waals surface area contributed by atoms with Crippen molar-refractivity contribution in [1.29, 1.82) is 0 Å². The average molecular weight is 208 g/mol. The molecule has 3 heteroatoms. The Morgan fingerprint density at radius 3 is 2.07 bits per heavy atom. The van der Waals surface area contributed by atoms with Gasteiger partial charge in [-0.25, -0.2) is 0 Å². The molecule has 0 saturated heterocycles. The van der Waals surface area contributed by atoms with Crippen LogP contribution in [-0.4, -0.2) is 20.0 Å². The molecule has 0 radical (unpaired) electrons. The Bertz CT molecular complexity index is 342. The van der Waals surface area contributed by atoms with Crippen molar-refractivity contribution in [3.63, 3.8) is 0 Å². The van der Waals surface area contributed by atoms with Gasteiger partial charge in [-0.05, 0) is 31.5 Å². The summed E-state index contributed by atoms with van der Waals surface area (Å²) < 4.78 is 10.3. The summed E-state index contributed by atoms with van der Waals surface area (Å²) in [5.74, 6) is 0.746. The molecule has 0 N–H and O–H groups in total. The molecule has 0 heterocycles. The molecule has 1 rings (SSSR count). The van der Waals surface area contributed by atoms with Gasteiger partial charge in [-0.3, -0.25) is 4.79 Å². The molecule has 82 valence electrons. The van der Waals surface area contributed by atoms with Crippen molar-refractivity contribution in [2.75, 3.05) is 14.2 Å². The van der Waals surface area contributed by atoms with Crippen molar-refractivity contribution in [2.45, 2.75) is 19.4 Å². The van der Waals surface area contributed by atoms with Gasteiger partial charge in [-0.2, -0.15) is 0 Å². The van der Waals surface area contributed by atoms with Crippen LogP contribution >= 0.6 is 0 Å². The van der Waals surface area contributed by atoms with E-state index < -0.39 is 5.60 Å². The maximum atomic E-state index is 11.5. The molecule has 1 aromatic rings. The average Bonchev–Trinajstić information content (AvgIpc) is 2.28. The van der Waals surface area contributed by atoms with E-state index in [1.807, 2.05) is 24.3 Å². The molecule has 0 amide bonds. The van der Waals surface area contributed by atoms with Gasteiger partial charge in [0.2, 0.25) is 0 Å². The number of rotatable bonds is 4.